The summed E-state index contributed by atoms with van der Waals surface area (Å²) >= 11 is 0. The molecule has 0 saturated carbocycles. The number of hydrogen-bond acceptors (Lipinski definition) is 2. The van der Waals surface area contributed by atoms with Crippen LogP contribution in [0.4, 0.5) is 17.6 Å². The Morgan fingerprint density at radius 2 is 1.55 bits per heavy atom. The SMILES string of the molecule is OCc1cccc(CNCc2ccc(F)c(C(F)(F)F)c2)c1. The Morgan fingerprint density at radius 3 is 2.18 bits per heavy atom. The molecule has 0 aliphatic carbocycles. The van der Waals surface area contributed by atoms with Crippen molar-refractivity contribution in [2.75, 3.05) is 0 Å². The lowest BCUT2D eigenvalue weighted by molar-refractivity contribution is -0.140. The fraction of sp³-hybridized carbons (Fsp3) is 0.250. The van der Waals surface area contributed by atoms with Crippen molar-refractivity contribution in [1.29, 1.82) is 0 Å². The molecule has 0 heterocycles. The van der Waals surface area contributed by atoms with Crippen molar-refractivity contribution in [3.63, 3.8) is 0 Å². The van der Waals surface area contributed by atoms with E-state index < -0.39 is 17.6 Å². The largest absolute Gasteiger partial charge is 0.419 e. The third kappa shape index (κ3) is 4.29. The monoisotopic (exact) mass is 313 g/mol. The van der Waals surface area contributed by atoms with E-state index in [0.717, 1.165) is 23.3 Å². The van der Waals surface area contributed by atoms with Crippen LogP contribution in [-0.2, 0) is 25.9 Å². The first kappa shape index (κ1) is 16.5. The lowest BCUT2D eigenvalue weighted by atomic mass is 10.1. The lowest BCUT2D eigenvalue weighted by Gasteiger charge is -2.11. The van der Waals surface area contributed by atoms with E-state index in [1.54, 1.807) is 18.2 Å². The molecule has 0 aromatic heterocycles. The molecule has 2 aromatic carbocycles. The van der Waals surface area contributed by atoms with Gasteiger partial charge < -0.3 is 10.4 Å². The zero-order valence-corrected chi connectivity index (χ0v) is 11.6. The van der Waals surface area contributed by atoms with E-state index in [9.17, 15) is 17.6 Å². The number of hydrogen-bond donors (Lipinski definition) is 2. The lowest BCUT2D eigenvalue weighted by Crippen LogP contribution is -2.15. The van der Waals surface area contributed by atoms with Crippen LogP contribution in [0.2, 0.25) is 0 Å². The van der Waals surface area contributed by atoms with E-state index in [1.165, 1.54) is 6.07 Å². The Morgan fingerprint density at radius 1 is 0.909 bits per heavy atom. The zero-order valence-electron chi connectivity index (χ0n) is 11.6. The minimum Gasteiger partial charge on any atom is -0.392 e. The molecule has 0 unspecified atom stereocenters. The molecular weight excluding hydrogens is 298 g/mol. The van der Waals surface area contributed by atoms with Gasteiger partial charge in [0.15, 0.2) is 0 Å². The van der Waals surface area contributed by atoms with Gasteiger partial charge in [0.1, 0.15) is 5.82 Å². The van der Waals surface area contributed by atoms with Gasteiger partial charge in [0.2, 0.25) is 0 Å². The molecule has 0 bridgehead atoms. The summed E-state index contributed by atoms with van der Waals surface area (Å²) in [5.41, 5.74) is 0.770. The van der Waals surface area contributed by atoms with Crippen molar-refractivity contribution in [2.45, 2.75) is 25.9 Å². The fourth-order valence-corrected chi connectivity index (χ4v) is 2.09. The summed E-state index contributed by atoms with van der Waals surface area (Å²) in [7, 11) is 0. The second-order valence-corrected chi connectivity index (χ2v) is 4.89. The van der Waals surface area contributed by atoms with Gasteiger partial charge >= 0.3 is 6.18 Å². The maximum atomic E-state index is 13.2. The van der Waals surface area contributed by atoms with Crippen LogP contribution >= 0.6 is 0 Å². The molecule has 0 atom stereocenters. The Labute approximate surface area is 125 Å². The molecule has 0 aliphatic heterocycles. The van der Waals surface area contributed by atoms with Gasteiger partial charge in [-0.25, -0.2) is 4.39 Å². The van der Waals surface area contributed by atoms with Crippen molar-refractivity contribution in [3.8, 4) is 0 Å². The van der Waals surface area contributed by atoms with Crippen LogP contribution in [0.15, 0.2) is 42.5 Å². The number of aliphatic hydroxyl groups is 1. The molecular formula is C16H15F4NO. The Bertz CT molecular complexity index is 640. The Balaban J connectivity index is 2.00. The third-order valence-electron chi connectivity index (χ3n) is 3.17. The van der Waals surface area contributed by atoms with Gasteiger partial charge in [-0.05, 0) is 28.8 Å². The number of benzene rings is 2. The molecule has 2 nitrogen and oxygen atoms in total. The first-order valence-electron chi connectivity index (χ1n) is 6.65. The summed E-state index contributed by atoms with van der Waals surface area (Å²) in [4.78, 5) is 0. The highest BCUT2D eigenvalue weighted by Gasteiger charge is 2.34. The molecule has 6 heteroatoms. The van der Waals surface area contributed by atoms with Crippen LogP contribution in [0, 0.1) is 5.82 Å². The van der Waals surface area contributed by atoms with Gasteiger partial charge in [-0.1, -0.05) is 30.3 Å². The van der Waals surface area contributed by atoms with E-state index >= 15 is 0 Å². The average molecular weight is 313 g/mol. The smallest absolute Gasteiger partial charge is 0.392 e. The predicted octanol–water partition coefficient (Wildman–Crippen LogP) is 3.63. The molecule has 0 aliphatic rings. The van der Waals surface area contributed by atoms with Crippen molar-refractivity contribution < 1.29 is 22.7 Å². The fourth-order valence-electron chi connectivity index (χ4n) is 2.09. The molecule has 0 saturated heterocycles. The van der Waals surface area contributed by atoms with Gasteiger partial charge in [-0.15, -0.1) is 0 Å². The Kier molecular flexibility index (Phi) is 5.15. The van der Waals surface area contributed by atoms with Crippen molar-refractivity contribution >= 4 is 0 Å². The van der Waals surface area contributed by atoms with E-state index in [1.807, 2.05) is 6.07 Å². The zero-order chi connectivity index (χ0) is 16.2. The normalized spacial score (nSPS) is 11.7. The highest BCUT2D eigenvalue weighted by atomic mass is 19.4. The summed E-state index contributed by atoms with van der Waals surface area (Å²) in [6.45, 7) is 0.556. The average Bonchev–Trinajstić information content (AvgIpc) is 2.48. The molecule has 2 N–H and O–H groups in total. The van der Waals surface area contributed by atoms with Crippen LogP contribution in [0.1, 0.15) is 22.3 Å². The second-order valence-electron chi connectivity index (χ2n) is 4.89. The molecule has 0 fully saturated rings. The van der Waals surface area contributed by atoms with Crippen LogP contribution in [0.3, 0.4) is 0 Å². The highest BCUT2D eigenvalue weighted by Crippen LogP contribution is 2.31. The molecule has 0 radical (unpaired) electrons. The standard InChI is InChI=1S/C16H15F4NO/c17-15-5-4-12(7-14(15)16(18,19)20)9-21-8-11-2-1-3-13(6-11)10-22/h1-7,21-22H,8-10H2. The Hall–Kier alpha value is -1.92. The van der Waals surface area contributed by atoms with Gasteiger partial charge in [0, 0.05) is 13.1 Å². The summed E-state index contributed by atoms with van der Waals surface area (Å²) in [5, 5.41) is 12.0. The maximum absolute atomic E-state index is 13.2. The summed E-state index contributed by atoms with van der Waals surface area (Å²) < 4.78 is 51.0. The van der Waals surface area contributed by atoms with Gasteiger partial charge in [0.25, 0.3) is 0 Å². The number of nitrogens with one attached hydrogen (secondary N) is 1. The van der Waals surface area contributed by atoms with Crippen LogP contribution in [0.5, 0.6) is 0 Å². The van der Waals surface area contributed by atoms with Crippen LogP contribution in [0.25, 0.3) is 0 Å². The minimum atomic E-state index is -4.70. The summed E-state index contributed by atoms with van der Waals surface area (Å²) in [6, 6.07) is 10.2. The van der Waals surface area contributed by atoms with Crippen molar-refractivity contribution in [3.05, 3.63) is 70.5 Å². The third-order valence-corrected chi connectivity index (χ3v) is 3.17. The van der Waals surface area contributed by atoms with E-state index in [2.05, 4.69) is 5.32 Å². The highest BCUT2D eigenvalue weighted by molar-refractivity contribution is 5.27. The molecule has 0 spiro atoms. The molecule has 2 rings (SSSR count). The molecule has 0 amide bonds. The molecule has 22 heavy (non-hydrogen) atoms. The van der Waals surface area contributed by atoms with Crippen LogP contribution in [-0.4, -0.2) is 5.11 Å². The van der Waals surface area contributed by atoms with Gasteiger partial charge in [-0.3, -0.25) is 0 Å². The first-order chi connectivity index (χ1) is 10.4. The number of halogens is 4. The second kappa shape index (κ2) is 6.89. The number of aliphatic hydroxyl groups excluding tert-OH is 1. The van der Waals surface area contributed by atoms with E-state index in [-0.39, 0.29) is 13.2 Å². The number of alkyl halides is 3. The first-order valence-corrected chi connectivity index (χ1v) is 6.65. The van der Waals surface area contributed by atoms with Crippen molar-refractivity contribution in [1.82, 2.24) is 5.32 Å². The van der Waals surface area contributed by atoms with E-state index in [4.69, 9.17) is 5.11 Å². The topological polar surface area (TPSA) is 32.3 Å². The van der Waals surface area contributed by atoms with Crippen LogP contribution < -0.4 is 5.32 Å². The minimum absolute atomic E-state index is 0.0687. The molecule has 2 aromatic rings. The van der Waals surface area contributed by atoms with Crippen molar-refractivity contribution in [2.24, 2.45) is 0 Å². The predicted molar refractivity (Wildman–Crippen MR) is 74.3 cm³/mol. The van der Waals surface area contributed by atoms with Gasteiger partial charge in [-0.2, -0.15) is 13.2 Å². The quantitative estimate of drug-likeness (QED) is 0.826. The van der Waals surface area contributed by atoms with E-state index in [0.29, 0.717) is 12.1 Å². The summed E-state index contributed by atoms with van der Waals surface area (Å²) in [5.74, 6) is -1.27. The van der Waals surface area contributed by atoms with Gasteiger partial charge in [0.05, 0.1) is 12.2 Å². The summed E-state index contributed by atoms with van der Waals surface area (Å²) in [6.07, 6.45) is -4.70. The number of rotatable bonds is 5. The molecule has 118 valence electrons. The maximum Gasteiger partial charge on any atom is 0.419 e.